The van der Waals surface area contributed by atoms with Crippen molar-refractivity contribution in [1.82, 2.24) is 9.80 Å². The molecule has 112 valence electrons. The van der Waals surface area contributed by atoms with Gasteiger partial charge in [0.1, 0.15) is 0 Å². The number of benzene rings is 1. The molecule has 0 unspecified atom stereocenters. The van der Waals surface area contributed by atoms with Gasteiger partial charge in [0.15, 0.2) is 0 Å². The largest absolute Gasteiger partial charge is 0.341 e. The molecule has 0 bridgehead atoms. The summed E-state index contributed by atoms with van der Waals surface area (Å²) in [5.41, 5.74) is 0.925. The first-order chi connectivity index (χ1) is 10.1. The second-order valence-electron chi connectivity index (χ2n) is 4.93. The van der Waals surface area contributed by atoms with E-state index in [1.807, 2.05) is 19.1 Å². The summed E-state index contributed by atoms with van der Waals surface area (Å²) < 4.78 is 0. The van der Waals surface area contributed by atoms with Crippen molar-refractivity contribution in [2.24, 2.45) is 0 Å². The summed E-state index contributed by atoms with van der Waals surface area (Å²) in [7, 11) is 0. The number of halogens is 1. The van der Waals surface area contributed by atoms with Gasteiger partial charge in [-0.1, -0.05) is 23.7 Å². The van der Waals surface area contributed by atoms with Crippen molar-refractivity contribution in [3.8, 4) is 0 Å². The molecule has 0 spiro atoms. The van der Waals surface area contributed by atoms with Gasteiger partial charge in [0, 0.05) is 43.7 Å². The fraction of sp³-hybridized carbons (Fsp3) is 0.375. The molecule has 0 atom stereocenters. The van der Waals surface area contributed by atoms with E-state index in [9.17, 15) is 9.59 Å². The molecule has 0 N–H and O–H groups in total. The number of hydrogen-bond acceptors (Lipinski definition) is 2. The summed E-state index contributed by atoms with van der Waals surface area (Å²) >= 11 is 5.82. The van der Waals surface area contributed by atoms with E-state index >= 15 is 0 Å². The Hall–Kier alpha value is -1.81. The van der Waals surface area contributed by atoms with Crippen LogP contribution in [-0.4, -0.2) is 47.8 Å². The highest BCUT2D eigenvalue weighted by molar-refractivity contribution is 6.30. The van der Waals surface area contributed by atoms with E-state index in [0.717, 1.165) is 5.56 Å². The van der Waals surface area contributed by atoms with Crippen LogP contribution in [0, 0.1) is 0 Å². The van der Waals surface area contributed by atoms with Crippen molar-refractivity contribution in [3.63, 3.8) is 0 Å². The molecular formula is C16H19ClN2O2. The van der Waals surface area contributed by atoms with Gasteiger partial charge in [-0.25, -0.2) is 0 Å². The van der Waals surface area contributed by atoms with Gasteiger partial charge < -0.3 is 9.80 Å². The molecule has 21 heavy (non-hydrogen) atoms. The molecule has 4 nitrogen and oxygen atoms in total. The molecular weight excluding hydrogens is 288 g/mol. The lowest BCUT2D eigenvalue weighted by molar-refractivity contribution is -0.130. The van der Waals surface area contributed by atoms with Gasteiger partial charge in [0.25, 0.3) is 0 Å². The van der Waals surface area contributed by atoms with Crippen LogP contribution in [0.25, 0.3) is 6.08 Å². The van der Waals surface area contributed by atoms with E-state index in [1.165, 1.54) is 0 Å². The van der Waals surface area contributed by atoms with E-state index < -0.39 is 0 Å². The van der Waals surface area contributed by atoms with Crippen LogP contribution in [0.2, 0.25) is 5.02 Å². The maximum absolute atomic E-state index is 12.2. The van der Waals surface area contributed by atoms with Gasteiger partial charge in [-0.3, -0.25) is 9.59 Å². The SMILES string of the molecule is CCN1CCN(C(=O)/C=C/c2ccc(Cl)cc2)CCC1=O. The number of hydrogen-bond donors (Lipinski definition) is 0. The monoisotopic (exact) mass is 306 g/mol. The fourth-order valence-corrected chi connectivity index (χ4v) is 2.39. The van der Waals surface area contributed by atoms with Gasteiger partial charge in [-0.15, -0.1) is 0 Å². The molecule has 1 aliphatic rings. The molecule has 0 saturated carbocycles. The molecule has 1 aromatic carbocycles. The maximum Gasteiger partial charge on any atom is 0.246 e. The molecule has 1 fully saturated rings. The Morgan fingerprint density at radius 2 is 1.95 bits per heavy atom. The number of likely N-dealkylation sites (N-methyl/N-ethyl adjacent to an activating group) is 1. The number of carbonyl (C=O) groups is 2. The minimum Gasteiger partial charge on any atom is -0.341 e. The smallest absolute Gasteiger partial charge is 0.246 e. The highest BCUT2D eigenvalue weighted by Gasteiger charge is 2.21. The summed E-state index contributed by atoms with van der Waals surface area (Å²) in [6, 6.07) is 7.29. The molecule has 2 amide bonds. The van der Waals surface area contributed by atoms with Gasteiger partial charge in [0.2, 0.25) is 11.8 Å². The lowest BCUT2D eigenvalue weighted by Gasteiger charge is -2.19. The average molecular weight is 307 g/mol. The Labute approximate surface area is 130 Å². The summed E-state index contributed by atoms with van der Waals surface area (Å²) in [5.74, 6) is 0.0604. The molecule has 1 saturated heterocycles. The zero-order valence-electron chi connectivity index (χ0n) is 12.1. The summed E-state index contributed by atoms with van der Waals surface area (Å²) in [6.45, 7) is 4.33. The summed E-state index contributed by atoms with van der Waals surface area (Å²) in [5, 5.41) is 0.671. The Bertz CT molecular complexity index is 540. The minimum absolute atomic E-state index is 0.0595. The van der Waals surface area contributed by atoms with Crippen LogP contribution in [-0.2, 0) is 9.59 Å². The van der Waals surface area contributed by atoms with Crippen LogP contribution < -0.4 is 0 Å². The first-order valence-electron chi connectivity index (χ1n) is 7.10. The number of amides is 2. The van der Waals surface area contributed by atoms with Crippen molar-refractivity contribution < 1.29 is 9.59 Å². The normalized spacial score (nSPS) is 16.4. The van der Waals surface area contributed by atoms with Crippen molar-refractivity contribution in [3.05, 3.63) is 40.9 Å². The van der Waals surface area contributed by atoms with Crippen molar-refractivity contribution in [2.75, 3.05) is 26.2 Å². The second kappa shape index (κ2) is 7.27. The van der Waals surface area contributed by atoms with E-state index in [2.05, 4.69) is 0 Å². The van der Waals surface area contributed by atoms with Gasteiger partial charge in [-0.2, -0.15) is 0 Å². The average Bonchev–Trinajstić information content (AvgIpc) is 2.68. The van der Waals surface area contributed by atoms with Crippen molar-refractivity contribution >= 4 is 29.5 Å². The first-order valence-corrected chi connectivity index (χ1v) is 7.48. The topological polar surface area (TPSA) is 40.6 Å². The molecule has 5 heteroatoms. The summed E-state index contributed by atoms with van der Waals surface area (Å²) in [4.78, 5) is 27.5. The molecule has 0 aliphatic carbocycles. The highest BCUT2D eigenvalue weighted by atomic mass is 35.5. The Balaban J connectivity index is 1.96. The van der Waals surface area contributed by atoms with Gasteiger partial charge in [0.05, 0.1) is 0 Å². The fourth-order valence-electron chi connectivity index (χ4n) is 2.27. The van der Waals surface area contributed by atoms with Gasteiger partial charge >= 0.3 is 0 Å². The van der Waals surface area contributed by atoms with E-state index in [4.69, 9.17) is 11.6 Å². The van der Waals surface area contributed by atoms with Crippen LogP contribution in [0.4, 0.5) is 0 Å². The third-order valence-corrected chi connectivity index (χ3v) is 3.82. The number of nitrogens with zero attached hydrogens (tertiary/aromatic N) is 2. The lowest BCUT2D eigenvalue weighted by atomic mass is 10.2. The molecule has 1 heterocycles. The van der Waals surface area contributed by atoms with Crippen LogP contribution >= 0.6 is 11.6 Å². The highest BCUT2D eigenvalue weighted by Crippen LogP contribution is 2.11. The predicted octanol–water partition coefficient (Wildman–Crippen LogP) is 2.43. The molecule has 0 aromatic heterocycles. The second-order valence-corrected chi connectivity index (χ2v) is 5.37. The minimum atomic E-state index is -0.0595. The van der Waals surface area contributed by atoms with Gasteiger partial charge in [-0.05, 0) is 30.7 Å². The maximum atomic E-state index is 12.2. The van der Waals surface area contributed by atoms with E-state index in [0.29, 0.717) is 37.6 Å². The first kappa shape index (κ1) is 15.6. The third-order valence-electron chi connectivity index (χ3n) is 3.57. The van der Waals surface area contributed by atoms with Crippen molar-refractivity contribution in [1.29, 1.82) is 0 Å². The third kappa shape index (κ3) is 4.33. The summed E-state index contributed by atoms with van der Waals surface area (Å²) in [6.07, 6.45) is 3.71. The van der Waals surface area contributed by atoms with Crippen molar-refractivity contribution in [2.45, 2.75) is 13.3 Å². The van der Waals surface area contributed by atoms with Crippen LogP contribution in [0.15, 0.2) is 30.3 Å². The van der Waals surface area contributed by atoms with Crippen LogP contribution in [0.3, 0.4) is 0 Å². The zero-order chi connectivity index (χ0) is 15.2. The molecule has 1 aliphatic heterocycles. The lowest BCUT2D eigenvalue weighted by Crippen LogP contribution is -2.34. The predicted molar refractivity (Wildman–Crippen MR) is 83.9 cm³/mol. The van der Waals surface area contributed by atoms with Crippen LogP contribution in [0.1, 0.15) is 18.9 Å². The standard InChI is InChI=1S/C16H19ClN2O2/c1-2-18-11-12-19(10-9-16(18)21)15(20)8-5-13-3-6-14(17)7-4-13/h3-8H,2,9-12H2,1H3/b8-5+. The molecule has 2 rings (SSSR count). The number of carbonyl (C=O) groups excluding carboxylic acids is 2. The Morgan fingerprint density at radius 1 is 1.24 bits per heavy atom. The zero-order valence-corrected chi connectivity index (χ0v) is 12.8. The Kier molecular flexibility index (Phi) is 5.39. The molecule has 0 radical (unpaired) electrons. The quantitative estimate of drug-likeness (QED) is 0.805. The Morgan fingerprint density at radius 3 is 2.62 bits per heavy atom. The van der Waals surface area contributed by atoms with E-state index in [-0.39, 0.29) is 11.8 Å². The molecule has 1 aromatic rings. The number of rotatable bonds is 3. The van der Waals surface area contributed by atoms with E-state index in [1.54, 1.807) is 34.1 Å². The van der Waals surface area contributed by atoms with Crippen LogP contribution in [0.5, 0.6) is 0 Å².